The molecular formula is C31H10Br4F6N4O8. The van der Waals surface area contributed by atoms with Crippen molar-refractivity contribution in [3.8, 4) is 0 Å². The predicted molar refractivity (Wildman–Crippen MR) is 185 cm³/mol. The minimum absolute atomic E-state index is 0.188. The molecule has 0 fully saturated rings. The first-order valence-corrected chi connectivity index (χ1v) is 17.2. The Labute approximate surface area is 323 Å². The van der Waals surface area contributed by atoms with E-state index in [1.807, 2.05) is 0 Å². The number of carbonyl (C=O) groups excluding carboxylic acids is 4. The molecule has 4 aromatic rings. The Balaban J connectivity index is 1.51. The highest BCUT2D eigenvalue weighted by Gasteiger charge is 2.73. The Morgan fingerprint density at radius 1 is 0.491 bits per heavy atom. The number of benzene rings is 4. The van der Waals surface area contributed by atoms with Gasteiger partial charge in [0.2, 0.25) is 5.41 Å². The minimum Gasteiger partial charge on any atom is -0.268 e. The second-order valence-electron chi connectivity index (χ2n) is 11.2. The summed E-state index contributed by atoms with van der Waals surface area (Å²) in [5.41, 5.74) is -12.6. The SMILES string of the molecule is O=C1c2ccc(C(c3ccc4c(c3)C(=O)N(c3c(Br)cc([N+](=O)[O-])cc3Br)C4=O)(C(F)(F)F)C(F)(F)F)cc2C(=O)N1c1c(Br)cc([N+](=O)[O-])cc1Br. The molecule has 6 rings (SSSR count). The lowest BCUT2D eigenvalue weighted by molar-refractivity contribution is -0.385. The highest BCUT2D eigenvalue weighted by molar-refractivity contribution is 9.11. The van der Waals surface area contributed by atoms with Crippen LogP contribution in [0, 0.1) is 20.2 Å². The van der Waals surface area contributed by atoms with Gasteiger partial charge in [0.25, 0.3) is 35.0 Å². The molecule has 0 aromatic heterocycles. The average molecular weight is 1000 g/mol. The summed E-state index contributed by atoms with van der Waals surface area (Å²) in [6.45, 7) is 0. The molecule has 0 saturated heterocycles. The second-order valence-corrected chi connectivity index (χ2v) is 14.6. The van der Waals surface area contributed by atoms with Gasteiger partial charge in [-0.3, -0.25) is 39.4 Å². The Kier molecular flexibility index (Phi) is 9.22. The number of nitrogens with zero attached hydrogens (tertiary/aromatic N) is 4. The van der Waals surface area contributed by atoms with Crippen molar-refractivity contribution < 1.29 is 55.4 Å². The van der Waals surface area contributed by atoms with E-state index >= 15 is 26.3 Å². The first-order valence-electron chi connectivity index (χ1n) is 14.0. The van der Waals surface area contributed by atoms with E-state index in [0.29, 0.717) is 34.1 Å². The molecule has 53 heavy (non-hydrogen) atoms. The number of nitro groups is 2. The van der Waals surface area contributed by atoms with Gasteiger partial charge in [0.1, 0.15) is 0 Å². The zero-order valence-corrected chi connectivity index (χ0v) is 31.5. The molecule has 0 aliphatic carbocycles. The van der Waals surface area contributed by atoms with Crippen LogP contribution in [0.5, 0.6) is 0 Å². The normalized spacial score (nSPS) is 14.6. The Hall–Kier alpha value is -4.54. The number of halogens is 10. The summed E-state index contributed by atoms with van der Waals surface area (Å²) >= 11 is 12.0. The minimum atomic E-state index is -6.24. The molecule has 0 N–H and O–H groups in total. The molecule has 2 aliphatic heterocycles. The largest absolute Gasteiger partial charge is 0.411 e. The van der Waals surface area contributed by atoms with Crippen LogP contribution in [0.25, 0.3) is 0 Å². The number of anilines is 2. The van der Waals surface area contributed by atoms with E-state index in [1.165, 1.54) is 0 Å². The van der Waals surface area contributed by atoms with Crippen molar-refractivity contribution in [3.05, 3.63) is 132 Å². The van der Waals surface area contributed by atoms with Crippen LogP contribution in [-0.2, 0) is 5.41 Å². The van der Waals surface area contributed by atoms with E-state index < -0.39 is 96.0 Å². The van der Waals surface area contributed by atoms with Crippen LogP contribution in [0.1, 0.15) is 52.6 Å². The van der Waals surface area contributed by atoms with Gasteiger partial charge in [-0.1, -0.05) is 12.1 Å². The Bertz CT molecular complexity index is 2190. The standard InChI is InChI=1S/C31H10Br4F6N4O8/c32-19-7-13(44(50)51)8-20(33)23(19)42-25(46)15-3-1-11(5-17(15)27(42)48)29(30(36,37)38,31(39,40)41)12-2-4-16-18(6-12)28(49)43(26(16)47)24-21(34)9-14(45(52)53)10-22(24)35/h1-10H. The number of carbonyl (C=O) groups is 4. The molecule has 22 heteroatoms. The number of hydrogen-bond donors (Lipinski definition) is 0. The summed E-state index contributed by atoms with van der Waals surface area (Å²) in [5.74, 6) is -5.04. The summed E-state index contributed by atoms with van der Waals surface area (Å²) < 4.78 is 90.5. The quantitative estimate of drug-likeness (QED) is 0.0799. The van der Waals surface area contributed by atoms with Gasteiger partial charge in [-0.25, -0.2) is 9.80 Å². The molecule has 0 saturated carbocycles. The predicted octanol–water partition coefficient (Wildman–Crippen LogP) is 9.56. The van der Waals surface area contributed by atoms with Crippen molar-refractivity contribution >= 4 is 110 Å². The zero-order chi connectivity index (χ0) is 39.3. The van der Waals surface area contributed by atoms with E-state index in [9.17, 15) is 39.4 Å². The second kappa shape index (κ2) is 12.8. The highest BCUT2D eigenvalue weighted by Crippen LogP contribution is 2.57. The third kappa shape index (κ3) is 5.68. The lowest BCUT2D eigenvalue weighted by atomic mass is 9.71. The molecule has 0 unspecified atom stereocenters. The fourth-order valence-electron chi connectivity index (χ4n) is 6.08. The fraction of sp³-hybridized carbons (Fsp3) is 0.0968. The van der Waals surface area contributed by atoms with Crippen molar-refractivity contribution in [3.63, 3.8) is 0 Å². The first kappa shape index (κ1) is 38.2. The van der Waals surface area contributed by atoms with E-state index in [1.54, 1.807) is 0 Å². The summed E-state index contributed by atoms with van der Waals surface area (Å²) in [6, 6.07) is 6.10. The maximum atomic E-state index is 15.2. The number of alkyl halides is 6. The van der Waals surface area contributed by atoms with E-state index in [0.717, 1.165) is 24.3 Å². The van der Waals surface area contributed by atoms with E-state index in [-0.39, 0.29) is 41.4 Å². The van der Waals surface area contributed by atoms with Gasteiger partial charge in [-0.15, -0.1) is 0 Å². The van der Waals surface area contributed by atoms with E-state index in [4.69, 9.17) is 0 Å². The number of imide groups is 2. The van der Waals surface area contributed by atoms with E-state index in [2.05, 4.69) is 63.7 Å². The van der Waals surface area contributed by atoms with Crippen LogP contribution in [0.15, 0.2) is 78.6 Å². The molecule has 0 atom stereocenters. The number of nitro benzene ring substituents is 2. The smallest absolute Gasteiger partial charge is 0.268 e. The summed E-state index contributed by atoms with van der Waals surface area (Å²) in [6.07, 6.45) is -12.5. The number of hydrogen-bond acceptors (Lipinski definition) is 8. The van der Waals surface area contributed by atoms with Crippen LogP contribution < -0.4 is 9.80 Å². The topological polar surface area (TPSA) is 161 Å². The monoisotopic (exact) mass is 996 g/mol. The van der Waals surface area contributed by atoms with Gasteiger partial charge in [0.15, 0.2) is 0 Å². The van der Waals surface area contributed by atoms with Gasteiger partial charge in [-0.05, 0) is 99.1 Å². The van der Waals surface area contributed by atoms with Crippen LogP contribution >= 0.6 is 63.7 Å². The summed E-state index contributed by atoms with van der Waals surface area (Å²) in [7, 11) is 0. The highest BCUT2D eigenvalue weighted by atomic mass is 79.9. The molecule has 2 heterocycles. The molecule has 4 amide bonds. The molecule has 0 radical (unpaired) electrons. The first-order chi connectivity index (χ1) is 24.5. The van der Waals surface area contributed by atoms with Gasteiger partial charge < -0.3 is 0 Å². The molecule has 0 spiro atoms. The van der Waals surface area contributed by atoms with Gasteiger partial charge in [-0.2, -0.15) is 26.3 Å². The van der Waals surface area contributed by atoms with Crippen LogP contribution in [0.2, 0.25) is 0 Å². The number of amides is 4. The van der Waals surface area contributed by atoms with Gasteiger partial charge in [0, 0.05) is 42.2 Å². The maximum absolute atomic E-state index is 15.2. The zero-order valence-electron chi connectivity index (χ0n) is 25.1. The molecular weight excluding hydrogens is 990 g/mol. The van der Waals surface area contributed by atoms with Crippen molar-refractivity contribution in [2.75, 3.05) is 9.80 Å². The van der Waals surface area contributed by atoms with Crippen molar-refractivity contribution in [2.45, 2.75) is 17.8 Å². The van der Waals surface area contributed by atoms with Crippen LogP contribution in [0.3, 0.4) is 0 Å². The molecule has 0 bridgehead atoms. The lowest BCUT2D eigenvalue weighted by Gasteiger charge is -2.38. The van der Waals surface area contributed by atoms with Crippen molar-refractivity contribution in [1.82, 2.24) is 0 Å². The average Bonchev–Trinajstić information content (AvgIpc) is 3.43. The molecule has 272 valence electrons. The maximum Gasteiger partial charge on any atom is 0.411 e. The fourth-order valence-corrected chi connectivity index (χ4v) is 9.11. The van der Waals surface area contributed by atoms with Crippen molar-refractivity contribution in [2.24, 2.45) is 0 Å². The van der Waals surface area contributed by atoms with Gasteiger partial charge in [0.05, 0.1) is 43.5 Å². The summed E-state index contributed by atoms with van der Waals surface area (Å²) in [4.78, 5) is 75.7. The molecule has 2 aliphatic rings. The van der Waals surface area contributed by atoms with Crippen LogP contribution in [-0.4, -0.2) is 45.8 Å². The van der Waals surface area contributed by atoms with Crippen LogP contribution in [0.4, 0.5) is 49.1 Å². The third-order valence-electron chi connectivity index (χ3n) is 8.36. The number of rotatable bonds is 6. The molecule has 12 nitrogen and oxygen atoms in total. The summed E-state index contributed by atoms with van der Waals surface area (Å²) in [5, 5.41) is 22.5. The third-order valence-corrected chi connectivity index (χ3v) is 10.8. The van der Waals surface area contributed by atoms with Gasteiger partial charge >= 0.3 is 12.4 Å². The molecule has 4 aromatic carbocycles. The number of non-ortho nitro benzene ring substituents is 2. The number of fused-ring (bicyclic) bond motifs is 2. The Morgan fingerprint density at radius 3 is 1.04 bits per heavy atom. The van der Waals surface area contributed by atoms with Crippen molar-refractivity contribution in [1.29, 1.82) is 0 Å². The lowest BCUT2D eigenvalue weighted by Crippen LogP contribution is -2.55. The Morgan fingerprint density at radius 2 is 0.774 bits per heavy atom.